The second-order valence-corrected chi connectivity index (χ2v) is 11.9. The highest BCUT2D eigenvalue weighted by Gasteiger charge is 2.40. The number of aromatic hydroxyl groups is 1. The molecule has 0 spiro atoms. The molecule has 1 aromatic carbocycles. The van der Waals surface area contributed by atoms with E-state index in [9.17, 15) is 9.90 Å². The molecule has 0 bridgehead atoms. The zero-order valence-corrected chi connectivity index (χ0v) is 16.4. The topological polar surface area (TPSA) is 65.0 Å². The van der Waals surface area contributed by atoms with Crippen molar-refractivity contribution in [3.8, 4) is 17.2 Å². The van der Waals surface area contributed by atoms with Crippen molar-refractivity contribution in [2.75, 3.05) is 14.2 Å². The maximum absolute atomic E-state index is 11.6. The summed E-state index contributed by atoms with van der Waals surface area (Å²) in [4.78, 5) is 11.6. The van der Waals surface area contributed by atoms with Gasteiger partial charge < -0.3 is 19.0 Å². The Hall–Kier alpha value is -1.69. The maximum atomic E-state index is 11.6. The van der Waals surface area contributed by atoms with Crippen molar-refractivity contribution in [1.29, 1.82) is 0 Å². The Morgan fingerprint density at radius 2 is 1.83 bits per heavy atom. The van der Waals surface area contributed by atoms with Gasteiger partial charge in [-0.15, -0.1) is 0 Å². The molecule has 0 aliphatic heterocycles. The molecule has 130 valence electrons. The standard InChI is InChI=1S/C17H28O5Si/c1-11-15(19)12(10-14(18)20-5)9-13(16(11)21-6)22-23(7,8)17(2,3)4/h9,19H,10H2,1-8H3. The number of carbonyl (C=O) groups is 1. The smallest absolute Gasteiger partial charge is 0.310 e. The Bertz CT molecular complexity index is 588. The predicted octanol–water partition coefficient (Wildman–Crippen LogP) is 3.81. The van der Waals surface area contributed by atoms with E-state index in [-0.39, 0.29) is 17.2 Å². The summed E-state index contributed by atoms with van der Waals surface area (Å²) in [7, 11) is 0.781. The second-order valence-electron chi connectivity index (χ2n) is 7.16. The van der Waals surface area contributed by atoms with Crippen LogP contribution in [0.3, 0.4) is 0 Å². The largest absolute Gasteiger partial charge is 0.541 e. The number of methoxy groups -OCH3 is 2. The minimum absolute atomic E-state index is 0.0129. The maximum Gasteiger partial charge on any atom is 0.310 e. The van der Waals surface area contributed by atoms with Gasteiger partial charge in [-0.25, -0.2) is 0 Å². The van der Waals surface area contributed by atoms with Gasteiger partial charge in [0.15, 0.2) is 5.75 Å². The van der Waals surface area contributed by atoms with E-state index in [1.165, 1.54) is 7.11 Å². The van der Waals surface area contributed by atoms with Crippen LogP contribution in [-0.2, 0) is 16.0 Å². The van der Waals surface area contributed by atoms with Crippen molar-refractivity contribution in [3.05, 3.63) is 17.2 Å². The van der Waals surface area contributed by atoms with E-state index in [1.807, 2.05) is 0 Å². The second kappa shape index (κ2) is 6.82. The van der Waals surface area contributed by atoms with Crippen molar-refractivity contribution in [1.82, 2.24) is 0 Å². The molecule has 0 aliphatic rings. The molecule has 23 heavy (non-hydrogen) atoms. The molecule has 0 radical (unpaired) electrons. The lowest BCUT2D eigenvalue weighted by molar-refractivity contribution is -0.139. The van der Waals surface area contributed by atoms with Crippen LogP contribution in [0, 0.1) is 6.92 Å². The minimum atomic E-state index is -2.08. The fourth-order valence-electron chi connectivity index (χ4n) is 1.95. The fraction of sp³-hybridized carbons (Fsp3) is 0.588. The van der Waals surface area contributed by atoms with Gasteiger partial charge in [0.2, 0.25) is 0 Å². The number of carbonyl (C=O) groups excluding carboxylic acids is 1. The molecule has 1 aromatic rings. The Kier molecular flexibility index (Phi) is 5.74. The molecule has 0 aliphatic carbocycles. The third-order valence-electron chi connectivity index (χ3n) is 4.47. The highest BCUT2D eigenvalue weighted by molar-refractivity contribution is 6.74. The SMILES string of the molecule is COC(=O)Cc1cc(O[Si](C)(C)C(C)(C)C)c(OC)c(C)c1O. The number of hydrogen-bond acceptors (Lipinski definition) is 5. The first-order valence-corrected chi connectivity index (χ1v) is 10.5. The minimum Gasteiger partial charge on any atom is -0.541 e. The summed E-state index contributed by atoms with van der Waals surface area (Å²) in [5.74, 6) is 0.687. The summed E-state index contributed by atoms with van der Waals surface area (Å²) < 4.78 is 16.4. The van der Waals surface area contributed by atoms with Gasteiger partial charge in [-0.1, -0.05) is 20.8 Å². The van der Waals surface area contributed by atoms with Gasteiger partial charge in [-0.05, 0) is 31.1 Å². The molecule has 0 saturated carbocycles. The van der Waals surface area contributed by atoms with Crippen LogP contribution in [-0.4, -0.2) is 33.6 Å². The number of phenols is 1. The van der Waals surface area contributed by atoms with E-state index < -0.39 is 14.3 Å². The number of benzene rings is 1. The van der Waals surface area contributed by atoms with Gasteiger partial charge in [-0.3, -0.25) is 4.79 Å². The van der Waals surface area contributed by atoms with Gasteiger partial charge in [0.25, 0.3) is 8.32 Å². The zero-order valence-electron chi connectivity index (χ0n) is 15.4. The molecule has 1 N–H and O–H groups in total. The number of hydrogen-bond donors (Lipinski definition) is 1. The Balaban J connectivity index is 3.38. The van der Waals surface area contributed by atoms with E-state index in [4.69, 9.17) is 9.16 Å². The molecule has 0 atom stereocenters. The van der Waals surface area contributed by atoms with E-state index in [0.29, 0.717) is 22.6 Å². The summed E-state index contributed by atoms with van der Waals surface area (Å²) in [5.41, 5.74) is 1.03. The molecule has 0 unspecified atom stereocenters. The van der Waals surface area contributed by atoms with Crippen LogP contribution in [0.2, 0.25) is 18.1 Å². The van der Waals surface area contributed by atoms with Crippen molar-refractivity contribution >= 4 is 14.3 Å². The molecule has 6 heteroatoms. The van der Waals surface area contributed by atoms with E-state index in [2.05, 4.69) is 38.6 Å². The van der Waals surface area contributed by atoms with Gasteiger partial charge >= 0.3 is 5.97 Å². The van der Waals surface area contributed by atoms with Crippen molar-refractivity contribution < 1.29 is 23.8 Å². The van der Waals surface area contributed by atoms with Crippen LogP contribution in [0.25, 0.3) is 0 Å². The van der Waals surface area contributed by atoms with Gasteiger partial charge in [0.05, 0.1) is 20.6 Å². The lowest BCUT2D eigenvalue weighted by Gasteiger charge is -2.37. The first-order valence-electron chi connectivity index (χ1n) is 7.60. The average Bonchev–Trinajstić information content (AvgIpc) is 2.43. The molecule has 0 heterocycles. The number of phenolic OH excluding ortho intramolecular Hbond substituents is 1. The van der Waals surface area contributed by atoms with Crippen molar-refractivity contribution in [3.63, 3.8) is 0 Å². The van der Waals surface area contributed by atoms with Gasteiger partial charge in [0, 0.05) is 11.1 Å². The van der Waals surface area contributed by atoms with Crippen molar-refractivity contribution in [2.45, 2.75) is 52.2 Å². The first-order chi connectivity index (χ1) is 10.4. The molecule has 0 amide bonds. The number of ether oxygens (including phenoxy) is 2. The van der Waals surface area contributed by atoms with Gasteiger partial charge in [-0.2, -0.15) is 0 Å². The molecule has 0 aromatic heterocycles. The first kappa shape index (κ1) is 19.4. The van der Waals surface area contributed by atoms with Crippen LogP contribution in [0.4, 0.5) is 0 Å². The van der Waals surface area contributed by atoms with Crippen LogP contribution in [0.15, 0.2) is 6.07 Å². The third-order valence-corrected chi connectivity index (χ3v) is 8.81. The van der Waals surface area contributed by atoms with E-state index in [1.54, 1.807) is 20.1 Å². The number of rotatable bonds is 5. The van der Waals surface area contributed by atoms with Crippen LogP contribution < -0.4 is 9.16 Å². The lowest BCUT2D eigenvalue weighted by Crippen LogP contribution is -2.44. The quantitative estimate of drug-likeness (QED) is 0.652. The molecular formula is C17H28O5Si. The average molecular weight is 340 g/mol. The monoisotopic (exact) mass is 340 g/mol. The summed E-state index contributed by atoms with van der Waals surface area (Å²) in [6, 6.07) is 1.68. The third kappa shape index (κ3) is 4.19. The predicted molar refractivity (Wildman–Crippen MR) is 92.9 cm³/mol. The molecule has 0 saturated heterocycles. The summed E-state index contributed by atoms with van der Waals surface area (Å²) >= 11 is 0. The fourth-order valence-corrected chi connectivity index (χ4v) is 2.95. The normalized spacial score (nSPS) is 12.0. The summed E-state index contributed by atoms with van der Waals surface area (Å²) in [5, 5.41) is 10.3. The lowest BCUT2D eigenvalue weighted by atomic mass is 10.0. The van der Waals surface area contributed by atoms with Crippen LogP contribution in [0.5, 0.6) is 17.2 Å². The van der Waals surface area contributed by atoms with Gasteiger partial charge in [0.1, 0.15) is 11.5 Å². The molecule has 0 fully saturated rings. The Labute approximate surface area is 139 Å². The molecular weight excluding hydrogens is 312 g/mol. The van der Waals surface area contributed by atoms with Crippen LogP contribution in [0.1, 0.15) is 31.9 Å². The Morgan fingerprint density at radius 3 is 2.26 bits per heavy atom. The molecule has 1 rings (SSSR count). The summed E-state index contributed by atoms with van der Waals surface area (Å²) in [6.45, 7) is 12.5. The number of esters is 1. The van der Waals surface area contributed by atoms with Crippen LogP contribution >= 0.6 is 0 Å². The van der Waals surface area contributed by atoms with E-state index in [0.717, 1.165) is 0 Å². The highest BCUT2D eigenvalue weighted by Crippen LogP contribution is 2.44. The van der Waals surface area contributed by atoms with E-state index >= 15 is 0 Å². The summed E-state index contributed by atoms with van der Waals surface area (Å²) in [6.07, 6.45) is -0.0129. The Morgan fingerprint density at radius 1 is 1.26 bits per heavy atom. The van der Waals surface area contributed by atoms with Crippen molar-refractivity contribution in [2.24, 2.45) is 0 Å². The highest BCUT2D eigenvalue weighted by atomic mass is 28.4. The zero-order chi connectivity index (χ0) is 18.0. The molecule has 5 nitrogen and oxygen atoms in total.